The molecule has 6 nitrogen and oxygen atoms in total. The van der Waals surface area contributed by atoms with Gasteiger partial charge in [-0.3, -0.25) is 9.36 Å². The van der Waals surface area contributed by atoms with Crippen LogP contribution in [0.25, 0.3) is 28.0 Å². The van der Waals surface area contributed by atoms with E-state index in [0.717, 1.165) is 35.8 Å². The molecule has 6 heteroatoms. The first-order chi connectivity index (χ1) is 15.7. The highest BCUT2D eigenvalue weighted by molar-refractivity contribution is 5.84. The van der Waals surface area contributed by atoms with Crippen LogP contribution in [-0.2, 0) is 4.74 Å². The van der Waals surface area contributed by atoms with Crippen LogP contribution in [-0.4, -0.2) is 42.5 Å². The van der Waals surface area contributed by atoms with Gasteiger partial charge in [0.1, 0.15) is 11.6 Å². The largest absolute Gasteiger partial charge is 0.494 e. The van der Waals surface area contributed by atoms with Crippen molar-refractivity contribution in [3.05, 3.63) is 83.2 Å². The van der Waals surface area contributed by atoms with Crippen LogP contribution >= 0.6 is 0 Å². The minimum Gasteiger partial charge on any atom is -0.494 e. The predicted octanol–water partition coefficient (Wildman–Crippen LogP) is 4.29. The quantitative estimate of drug-likeness (QED) is 0.476. The van der Waals surface area contributed by atoms with Gasteiger partial charge in [-0.25, -0.2) is 4.98 Å². The number of benzene rings is 3. The molecule has 0 radical (unpaired) electrons. The molecular weight excluding hydrogens is 402 g/mol. The SMILES string of the molecule is CCOc1ccc(-n2c(-c3ccccc3)nc3ccc(N4CCOCC4)cc3c2=O)cc1. The first kappa shape index (κ1) is 20.3. The summed E-state index contributed by atoms with van der Waals surface area (Å²) in [6, 6.07) is 23.3. The van der Waals surface area contributed by atoms with Crippen molar-refractivity contribution in [3.8, 4) is 22.8 Å². The van der Waals surface area contributed by atoms with Crippen LogP contribution < -0.4 is 15.2 Å². The molecule has 0 saturated carbocycles. The summed E-state index contributed by atoms with van der Waals surface area (Å²) in [5, 5.41) is 0.600. The first-order valence-electron chi connectivity index (χ1n) is 10.9. The van der Waals surface area contributed by atoms with E-state index in [0.29, 0.717) is 36.5 Å². The molecule has 1 fully saturated rings. The van der Waals surface area contributed by atoms with E-state index in [1.165, 1.54) is 0 Å². The molecule has 4 aromatic rings. The van der Waals surface area contributed by atoms with E-state index < -0.39 is 0 Å². The maximum Gasteiger partial charge on any atom is 0.266 e. The van der Waals surface area contributed by atoms with Crippen LogP contribution in [0.4, 0.5) is 5.69 Å². The van der Waals surface area contributed by atoms with Crippen molar-refractivity contribution in [2.24, 2.45) is 0 Å². The molecule has 0 N–H and O–H groups in total. The summed E-state index contributed by atoms with van der Waals surface area (Å²) in [5.74, 6) is 1.39. The summed E-state index contributed by atoms with van der Waals surface area (Å²) < 4.78 is 12.7. The van der Waals surface area contributed by atoms with Crippen LogP contribution in [0, 0.1) is 0 Å². The summed E-state index contributed by atoms with van der Waals surface area (Å²) in [7, 11) is 0. The Bertz CT molecular complexity index is 1280. The molecule has 32 heavy (non-hydrogen) atoms. The first-order valence-corrected chi connectivity index (χ1v) is 10.9. The van der Waals surface area contributed by atoms with E-state index in [4.69, 9.17) is 14.5 Å². The molecule has 162 valence electrons. The zero-order chi connectivity index (χ0) is 21.9. The number of ether oxygens (including phenoxy) is 2. The number of morpholine rings is 1. The van der Waals surface area contributed by atoms with E-state index in [1.54, 1.807) is 4.57 Å². The maximum atomic E-state index is 13.8. The van der Waals surface area contributed by atoms with E-state index >= 15 is 0 Å². The number of hydrogen-bond donors (Lipinski definition) is 0. The summed E-state index contributed by atoms with van der Waals surface area (Å²) >= 11 is 0. The Morgan fingerprint density at radius 3 is 2.38 bits per heavy atom. The third-order valence-corrected chi connectivity index (χ3v) is 5.67. The molecule has 5 rings (SSSR count). The molecule has 0 amide bonds. The molecular formula is C26H25N3O3. The van der Waals surface area contributed by atoms with Crippen LogP contribution in [0.2, 0.25) is 0 Å². The Balaban J connectivity index is 1.70. The van der Waals surface area contributed by atoms with E-state index in [-0.39, 0.29) is 5.56 Å². The van der Waals surface area contributed by atoms with Gasteiger partial charge in [0.15, 0.2) is 0 Å². The average molecular weight is 428 g/mol. The summed E-state index contributed by atoms with van der Waals surface area (Å²) in [5.41, 5.74) is 3.26. The number of anilines is 1. The van der Waals surface area contributed by atoms with Gasteiger partial charge < -0.3 is 14.4 Å². The van der Waals surface area contributed by atoms with Gasteiger partial charge >= 0.3 is 0 Å². The molecule has 2 heterocycles. The number of hydrogen-bond acceptors (Lipinski definition) is 5. The van der Waals surface area contributed by atoms with Crippen LogP contribution in [0.15, 0.2) is 77.6 Å². The smallest absolute Gasteiger partial charge is 0.266 e. The highest BCUT2D eigenvalue weighted by Crippen LogP contribution is 2.26. The zero-order valence-electron chi connectivity index (χ0n) is 18.0. The van der Waals surface area contributed by atoms with Crippen LogP contribution in [0.1, 0.15) is 6.92 Å². The van der Waals surface area contributed by atoms with Crippen molar-refractivity contribution in [2.75, 3.05) is 37.8 Å². The fraction of sp³-hybridized carbons (Fsp3) is 0.231. The molecule has 1 aliphatic rings. The summed E-state index contributed by atoms with van der Waals surface area (Å²) in [6.45, 7) is 5.56. The van der Waals surface area contributed by atoms with E-state index in [9.17, 15) is 4.79 Å². The highest BCUT2D eigenvalue weighted by Gasteiger charge is 2.17. The lowest BCUT2D eigenvalue weighted by atomic mass is 10.1. The van der Waals surface area contributed by atoms with Gasteiger partial charge in [0, 0.05) is 24.3 Å². The fourth-order valence-electron chi connectivity index (χ4n) is 4.07. The highest BCUT2D eigenvalue weighted by atomic mass is 16.5. The lowest BCUT2D eigenvalue weighted by Gasteiger charge is -2.29. The van der Waals surface area contributed by atoms with E-state index in [2.05, 4.69) is 4.90 Å². The molecule has 1 aromatic heterocycles. The number of nitrogens with zero attached hydrogens (tertiary/aromatic N) is 3. The topological polar surface area (TPSA) is 56.6 Å². The van der Waals surface area contributed by atoms with Gasteiger partial charge in [0.25, 0.3) is 5.56 Å². The number of fused-ring (bicyclic) bond motifs is 1. The molecule has 1 aliphatic heterocycles. The van der Waals surface area contributed by atoms with Gasteiger partial charge in [-0.1, -0.05) is 30.3 Å². The Morgan fingerprint density at radius 2 is 1.66 bits per heavy atom. The second-order valence-electron chi connectivity index (χ2n) is 7.67. The maximum absolute atomic E-state index is 13.8. The average Bonchev–Trinajstić information content (AvgIpc) is 2.86. The van der Waals surface area contributed by atoms with Crippen molar-refractivity contribution in [1.29, 1.82) is 0 Å². The van der Waals surface area contributed by atoms with Gasteiger partial charge in [-0.2, -0.15) is 0 Å². The third kappa shape index (κ3) is 3.85. The van der Waals surface area contributed by atoms with Crippen molar-refractivity contribution < 1.29 is 9.47 Å². The molecule has 3 aromatic carbocycles. The molecule has 0 atom stereocenters. The Morgan fingerprint density at radius 1 is 0.938 bits per heavy atom. The number of aromatic nitrogens is 2. The van der Waals surface area contributed by atoms with Crippen LogP contribution in [0.5, 0.6) is 5.75 Å². The van der Waals surface area contributed by atoms with Gasteiger partial charge in [-0.15, -0.1) is 0 Å². The normalized spacial score (nSPS) is 14.0. The van der Waals surface area contributed by atoms with Gasteiger partial charge in [0.2, 0.25) is 0 Å². The summed E-state index contributed by atoms with van der Waals surface area (Å²) in [6.07, 6.45) is 0. The van der Waals surface area contributed by atoms with Crippen molar-refractivity contribution in [3.63, 3.8) is 0 Å². The van der Waals surface area contributed by atoms with E-state index in [1.807, 2.05) is 79.7 Å². The van der Waals surface area contributed by atoms with Crippen molar-refractivity contribution in [2.45, 2.75) is 6.92 Å². The van der Waals surface area contributed by atoms with Crippen molar-refractivity contribution in [1.82, 2.24) is 9.55 Å². The predicted molar refractivity (Wildman–Crippen MR) is 127 cm³/mol. The molecule has 0 spiro atoms. The lowest BCUT2D eigenvalue weighted by Crippen LogP contribution is -2.36. The minimum absolute atomic E-state index is 0.0897. The van der Waals surface area contributed by atoms with Crippen LogP contribution in [0.3, 0.4) is 0 Å². The summed E-state index contributed by atoms with van der Waals surface area (Å²) in [4.78, 5) is 21.0. The second-order valence-corrected chi connectivity index (χ2v) is 7.67. The molecule has 0 aliphatic carbocycles. The Labute approximate surface area is 186 Å². The lowest BCUT2D eigenvalue weighted by molar-refractivity contribution is 0.122. The second kappa shape index (κ2) is 8.85. The monoisotopic (exact) mass is 427 g/mol. The molecule has 0 unspecified atom stereocenters. The third-order valence-electron chi connectivity index (χ3n) is 5.67. The fourth-order valence-corrected chi connectivity index (χ4v) is 4.07. The zero-order valence-corrected chi connectivity index (χ0v) is 18.0. The Hall–Kier alpha value is -3.64. The standard InChI is InChI=1S/C26H25N3O3/c1-2-32-22-11-8-20(9-12-22)29-25(19-6-4-3-5-7-19)27-24-13-10-21(18-23(24)26(29)30)28-14-16-31-17-15-28/h3-13,18H,2,14-17H2,1H3. The van der Waals surface area contributed by atoms with Gasteiger partial charge in [-0.05, 0) is 49.4 Å². The Kier molecular flexibility index (Phi) is 5.60. The minimum atomic E-state index is -0.0897. The molecule has 1 saturated heterocycles. The van der Waals surface area contributed by atoms with Crippen molar-refractivity contribution >= 4 is 16.6 Å². The molecule has 0 bridgehead atoms. The number of rotatable bonds is 5. The van der Waals surface area contributed by atoms with Gasteiger partial charge in [0.05, 0.1) is 36.4 Å².